The number of para-hydroxylation sites is 1. The predicted molar refractivity (Wildman–Crippen MR) is 92.1 cm³/mol. The van der Waals surface area contributed by atoms with Gasteiger partial charge in [-0.05, 0) is 31.2 Å². The van der Waals surface area contributed by atoms with Gasteiger partial charge in [0.25, 0.3) is 0 Å². The molecule has 0 spiro atoms. The molecular weight excluding hydrogens is 292 g/mol. The number of hydrogen-bond acceptors (Lipinski definition) is 4. The fraction of sp³-hybridized carbons (Fsp3) is 0.294. The van der Waals surface area contributed by atoms with Crippen LogP contribution in [0.5, 0.6) is 5.88 Å². The van der Waals surface area contributed by atoms with E-state index in [2.05, 4.69) is 27.4 Å². The van der Waals surface area contributed by atoms with Crippen LogP contribution in [-0.2, 0) is 0 Å². The summed E-state index contributed by atoms with van der Waals surface area (Å²) in [6, 6.07) is 13.4. The highest BCUT2D eigenvalue weighted by Crippen LogP contribution is 2.19. The maximum Gasteiger partial charge on any atom is 0.319 e. The fourth-order valence-electron chi connectivity index (χ4n) is 2.11. The van der Waals surface area contributed by atoms with E-state index < -0.39 is 0 Å². The van der Waals surface area contributed by atoms with E-state index in [-0.39, 0.29) is 12.1 Å². The van der Waals surface area contributed by atoms with Crippen molar-refractivity contribution in [1.82, 2.24) is 10.3 Å². The summed E-state index contributed by atoms with van der Waals surface area (Å²) in [5.41, 5.74) is 1.65. The molecule has 2 aromatic rings. The Morgan fingerprint density at radius 2 is 2.00 bits per heavy atom. The normalized spacial score (nSPS) is 11.4. The van der Waals surface area contributed by atoms with Crippen LogP contribution < -0.4 is 20.3 Å². The van der Waals surface area contributed by atoms with Crippen molar-refractivity contribution < 1.29 is 9.53 Å². The first-order chi connectivity index (χ1) is 11.1. The monoisotopic (exact) mass is 314 g/mol. The first-order valence-corrected chi connectivity index (χ1v) is 7.43. The van der Waals surface area contributed by atoms with E-state index in [1.807, 2.05) is 37.4 Å². The van der Waals surface area contributed by atoms with Crippen LogP contribution in [-0.4, -0.2) is 37.8 Å². The fourth-order valence-corrected chi connectivity index (χ4v) is 2.11. The van der Waals surface area contributed by atoms with Crippen molar-refractivity contribution in [2.24, 2.45) is 0 Å². The SMILES string of the molecule is COc1ncccc1NC(=O)NC[C@@H](C)N(C)c1ccccc1. The van der Waals surface area contributed by atoms with E-state index in [0.717, 1.165) is 5.69 Å². The average Bonchev–Trinajstić information content (AvgIpc) is 2.60. The summed E-state index contributed by atoms with van der Waals surface area (Å²) in [5, 5.41) is 5.60. The highest BCUT2D eigenvalue weighted by Gasteiger charge is 2.12. The Bertz CT molecular complexity index is 634. The number of rotatable bonds is 6. The predicted octanol–water partition coefficient (Wildman–Crippen LogP) is 2.74. The Kier molecular flexibility index (Phi) is 5.80. The van der Waals surface area contributed by atoms with Gasteiger partial charge in [-0.2, -0.15) is 0 Å². The molecule has 0 aliphatic carbocycles. The van der Waals surface area contributed by atoms with E-state index in [0.29, 0.717) is 18.1 Å². The number of hydrogen-bond donors (Lipinski definition) is 2. The van der Waals surface area contributed by atoms with Crippen molar-refractivity contribution in [2.45, 2.75) is 13.0 Å². The number of methoxy groups -OCH3 is 1. The summed E-state index contributed by atoms with van der Waals surface area (Å²) in [6.45, 7) is 2.57. The van der Waals surface area contributed by atoms with Gasteiger partial charge in [-0.1, -0.05) is 18.2 Å². The Balaban J connectivity index is 1.86. The van der Waals surface area contributed by atoms with Gasteiger partial charge in [0.15, 0.2) is 0 Å². The average molecular weight is 314 g/mol. The number of carbonyl (C=O) groups excluding carboxylic acids is 1. The zero-order valence-electron chi connectivity index (χ0n) is 13.6. The first-order valence-electron chi connectivity index (χ1n) is 7.43. The molecule has 122 valence electrons. The molecule has 6 heteroatoms. The molecular formula is C17H22N4O2. The molecule has 1 aromatic heterocycles. The summed E-state index contributed by atoms with van der Waals surface area (Å²) >= 11 is 0. The summed E-state index contributed by atoms with van der Waals surface area (Å²) in [4.78, 5) is 18.2. The van der Waals surface area contributed by atoms with Gasteiger partial charge >= 0.3 is 6.03 Å². The number of carbonyl (C=O) groups is 1. The summed E-state index contributed by atoms with van der Waals surface area (Å²) in [5.74, 6) is 0.386. The standard InChI is InChI=1S/C17H22N4O2/c1-13(21(2)14-8-5-4-6-9-14)12-19-17(22)20-15-10-7-11-18-16(15)23-3/h4-11,13H,12H2,1-3H3,(H2,19,20,22)/t13-/m1/s1. The lowest BCUT2D eigenvalue weighted by molar-refractivity contribution is 0.251. The third-order valence-corrected chi connectivity index (χ3v) is 3.60. The number of amides is 2. The number of urea groups is 1. The van der Waals surface area contributed by atoms with Crippen molar-refractivity contribution in [3.8, 4) is 5.88 Å². The van der Waals surface area contributed by atoms with Crippen LogP contribution in [0.15, 0.2) is 48.7 Å². The minimum Gasteiger partial charge on any atom is -0.480 e. The zero-order valence-corrected chi connectivity index (χ0v) is 13.6. The molecule has 0 saturated heterocycles. The van der Waals surface area contributed by atoms with Crippen LogP contribution in [0.3, 0.4) is 0 Å². The second-order valence-electron chi connectivity index (χ2n) is 5.19. The van der Waals surface area contributed by atoms with Crippen molar-refractivity contribution in [1.29, 1.82) is 0 Å². The molecule has 6 nitrogen and oxygen atoms in total. The smallest absolute Gasteiger partial charge is 0.319 e. The highest BCUT2D eigenvalue weighted by atomic mass is 16.5. The van der Waals surface area contributed by atoms with Crippen molar-refractivity contribution in [3.63, 3.8) is 0 Å². The third-order valence-electron chi connectivity index (χ3n) is 3.60. The molecule has 0 unspecified atom stereocenters. The lowest BCUT2D eigenvalue weighted by atomic mass is 10.2. The number of aromatic nitrogens is 1. The van der Waals surface area contributed by atoms with E-state index in [4.69, 9.17) is 4.74 Å². The molecule has 0 bridgehead atoms. The van der Waals surface area contributed by atoms with E-state index >= 15 is 0 Å². The summed E-state index contributed by atoms with van der Waals surface area (Å²) in [6.07, 6.45) is 1.61. The van der Waals surface area contributed by atoms with Crippen molar-refractivity contribution in [2.75, 3.05) is 30.9 Å². The Labute approximate surface area is 136 Å². The maximum atomic E-state index is 12.0. The number of anilines is 2. The van der Waals surface area contributed by atoms with Crippen LogP contribution in [0.4, 0.5) is 16.2 Å². The quantitative estimate of drug-likeness (QED) is 0.860. The van der Waals surface area contributed by atoms with Crippen LogP contribution in [0.1, 0.15) is 6.92 Å². The largest absolute Gasteiger partial charge is 0.480 e. The number of benzene rings is 1. The minimum atomic E-state index is -0.287. The van der Waals surface area contributed by atoms with Gasteiger partial charge in [0, 0.05) is 31.5 Å². The molecule has 2 rings (SSSR count). The number of nitrogens with zero attached hydrogens (tertiary/aromatic N) is 2. The van der Waals surface area contributed by atoms with Gasteiger partial charge in [0.1, 0.15) is 5.69 Å². The maximum absolute atomic E-state index is 12.0. The molecule has 23 heavy (non-hydrogen) atoms. The summed E-state index contributed by atoms with van der Waals surface area (Å²) < 4.78 is 5.11. The molecule has 0 aliphatic rings. The second kappa shape index (κ2) is 8.03. The number of ether oxygens (including phenoxy) is 1. The topological polar surface area (TPSA) is 66.5 Å². The van der Waals surface area contributed by atoms with Crippen molar-refractivity contribution >= 4 is 17.4 Å². The minimum absolute atomic E-state index is 0.152. The molecule has 2 N–H and O–H groups in total. The highest BCUT2D eigenvalue weighted by molar-refractivity contribution is 5.90. The molecule has 0 radical (unpaired) electrons. The van der Waals surface area contributed by atoms with Gasteiger partial charge < -0.3 is 20.3 Å². The van der Waals surface area contributed by atoms with Crippen LogP contribution in [0.2, 0.25) is 0 Å². The third kappa shape index (κ3) is 4.60. The number of likely N-dealkylation sites (N-methyl/N-ethyl adjacent to an activating group) is 1. The zero-order chi connectivity index (χ0) is 16.7. The van der Waals surface area contributed by atoms with Gasteiger partial charge in [-0.25, -0.2) is 9.78 Å². The van der Waals surface area contributed by atoms with Gasteiger partial charge in [0.2, 0.25) is 5.88 Å². The Hall–Kier alpha value is -2.76. The van der Waals surface area contributed by atoms with Gasteiger partial charge in [-0.3, -0.25) is 0 Å². The molecule has 0 saturated carbocycles. The summed E-state index contributed by atoms with van der Waals surface area (Å²) in [7, 11) is 3.52. The van der Waals surface area contributed by atoms with Crippen LogP contribution >= 0.6 is 0 Å². The molecule has 1 aromatic carbocycles. The molecule has 1 atom stereocenters. The molecule has 1 heterocycles. The van der Waals surface area contributed by atoms with E-state index in [9.17, 15) is 4.79 Å². The molecule has 0 aliphatic heterocycles. The van der Waals surface area contributed by atoms with Crippen molar-refractivity contribution in [3.05, 3.63) is 48.7 Å². The molecule has 0 fully saturated rings. The Morgan fingerprint density at radius 3 is 2.70 bits per heavy atom. The Morgan fingerprint density at radius 1 is 1.26 bits per heavy atom. The number of nitrogens with one attached hydrogen (secondary N) is 2. The van der Waals surface area contributed by atoms with E-state index in [1.165, 1.54) is 7.11 Å². The van der Waals surface area contributed by atoms with Crippen LogP contribution in [0.25, 0.3) is 0 Å². The number of pyridine rings is 1. The second-order valence-corrected chi connectivity index (χ2v) is 5.19. The lowest BCUT2D eigenvalue weighted by Crippen LogP contribution is -2.41. The molecule has 2 amide bonds. The lowest BCUT2D eigenvalue weighted by Gasteiger charge is -2.27. The van der Waals surface area contributed by atoms with Gasteiger partial charge in [0.05, 0.1) is 7.11 Å². The van der Waals surface area contributed by atoms with E-state index in [1.54, 1.807) is 18.3 Å². The first kappa shape index (κ1) is 16.6. The van der Waals surface area contributed by atoms with Crippen LogP contribution in [0, 0.1) is 0 Å². The van der Waals surface area contributed by atoms with Gasteiger partial charge in [-0.15, -0.1) is 0 Å².